The van der Waals surface area contributed by atoms with Crippen LogP contribution in [-0.4, -0.2) is 15.1 Å². The van der Waals surface area contributed by atoms with Gasteiger partial charge >= 0.3 is 0 Å². The van der Waals surface area contributed by atoms with Crippen LogP contribution in [0, 0.1) is 6.92 Å². The zero-order valence-electron chi connectivity index (χ0n) is 15.0. The standard InChI is InChI=1S/C22H20N4O/c1-15-6-8-16(9-7-15)14-23-21-19-4-2-3-5-20(19)25-22(26-21)24-17-10-12-18(27)13-11-17/h2-13,27H,14H2,1H3,(H2,23,24,25,26). The monoisotopic (exact) mass is 356 g/mol. The van der Waals surface area contributed by atoms with Crippen LogP contribution in [0.25, 0.3) is 10.9 Å². The van der Waals surface area contributed by atoms with Crippen molar-refractivity contribution in [3.8, 4) is 5.75 Å². The third-order valence-corrected chi connectivity index (χ3v) is 4.31. The minimum atomic E-state index is 0.223. The van der Waals surface area contributed by atoms with Crippen molar-refractivity contribution in [2.45, 2.75) is 13.5 Å². The second kappa shape index (κ2) is 7.33. The molecule has 0 fully saturated rings. The molecule has 0 atom stereocenters. The minimum Gasteiger partial charge on any atom is -0.508 e. The molecule has 0 aliphatic rings. The second-order valence-corrected chi connectivity index (χ2v) is 6.42. The summed E-state index contributed by atoms with van der Waals surface area (Å²) in [6.07, 6.45) is 0. The van der Waals surface area contributed by atoms with Crippen LogP contribution in [-0.2, 0) is 6.54 Å². The molecule has 0 aliphatic heterocycles. The number of hydrogen-bond acceptors (Lipinski definition) is 5. The van der Waals surface area contributed by atoms with Gasteiger partial charge in [-0.05, 0) is 48.9 Å². The number of benzene rings is 3. The van der Waals surface area contributed by atoms with E-state index in [0.717, 1.165) is 22.4 Å². The fourth-order valence-electron chi connectivity index (χ4n) is 2.83. The normalized spacial score (nSPS) is 10.7. The Morgan fingerprint density at radius 1 is 0.852 bits per heavy atom. The SMILES string of the molecule is Cc1ccc(CNc2nc(Nc3ccc(O)cc3)nc3ccccc23)cc1. The molecule has 4 rings (SSSR count). The van der Waals surface area contributed by atoms with Crippen LogP contribution in [0.5, 0.6) is 5.75 Å². The van der Waals surface area contributed by atoms with E-state index in [-0.39, 0.29) is 5.75 Å². The number of aromatic nitrogens is 2. The third kappa shape index (κ3) is 3.98. The number of phenolic OH excluding ortho intramolecular Hbond substituents is 1. The summed E-state index contributed by atoms with van der Waals surface area (Å²) in [4.78, 5) is 9.25. The molecule has 0 spiro atoms. The van der Waals surface area contributed by atoms with Gasteiger partial charge in [0.15, 0.2) is 0 Å². The maximum absolute atomic E-state index is 9.43. The fraction of sp³-hybridized carbons (Fsp3) is 0.0909. The summed E-state index contributed by atoms with van der Waals surface area (Å²) in [5.74, 6) is 1.51. The highest BCUT2D eigenvalue weighted by Gasteiger charge is 2.08. The number of anilines is 3. The van der Waals surface area contributed by atoms with Gasteiger partial charge in [0, 0.05) is 17.6 Å². The topological polar surface area (TPSA) is 70.1 Å². The van der Waals surface area contributed by atoms with Gasteiger partial charge in [-0.3, -0.25) is 0 Å². The van der Waals surface area contributed by atoms with Gasteiger partial charge in [0.25, 0.3) is 0 Å². The Hall–Kier alpha value is -3.60. The minimum absolute atomic E-state index is 0.223. The predicted octanol–water partition coefficient (Wildman–Crippen LogP) is 5.00. The van der Waals surface area contributed by atoms with Crippen molar-refractivity contribution in [1.29, 1.82) is 0 Å². The number of hydrogen-bond donors (Lipinski definition) is 3. The van der Waals surface area contributed by atoms with E-state index >= 15 is 0 Å². The third-order valence-electron chi connectivity index (χ3n) is 4.31. The molecular weight excluding hydrogens is 336 g/mol. The molecule has 5 nitrogen and oxygen atoms in total. The maximum Gasteiger partial charge on any atom is 0.229 e. The molecule has 1 heterocycles. The molecule has 0 saturated heterocycles. The van der Waals surface area contributed by atoms with Crippen molar-refractivity contribution in [3.63, 3.8) is 0 Å². The maximum atomic E-state index is 9.43. The van der Waals surface area contributed by atoms with Gasteiger partial charge in [-0.15, -0.1) is 0 Å². The van der Waals surface area contributed by atoms with Crippen LogP contribution in [0.1, 0.15) is 11.1 Å². The lowest BCUT2D eigenvalue weighted by atomic mass is 10.1. The van der Waals surface area contributed by atoms with E-state index in [1.54, 1.807) is 24.3 Å². The highest BCUT2D eigenvalue weighted by atomic mass is 16.3. The van der Waals surface area contributed by atoms with Gasteiger partial charge in [0.05, 0.1) is 5.52 Å². The first-order valence-electron chi connectivity index (χ1n) is 8.80. The first kappa shape index (κ1) is 16.8. The molecule has 5 heteroatoms. The number of rotatable bonds is 5. The van der Waals surface area contributed by atoms with Crippen molar-refractivity contribution < 1.29 is 5.11 Å². The summed E-state index contributed by atoms with van der Waals surface area (Å²) in [5, 5.41) is 17.0. The number of nitrogens with one attached hydrogen (secondary N) is 2. The van der Waals surface area contributed by atoms with E-state index < -0.39 is 0 Å². The van der Waals surface area contributed by atoms with Crippen LogP contribution in [0.4, 0.5) is 17.5 Å². The first-order chi connectivity index (χ1) is 13.2. The number of aromatic hydroxyl groups is 1. The van der Waals surface area contributed by atoms with E-state index in [4.69, 9.17) is 0 Å². The Morgan fingerprint density at radius 3 is 2.37 bits per heavy atom. The molecule has 0 aliphatic carbocycles. The highest BCUT2D eigenvalue weighted by molar-refractivity contribution is 5.90. The Kier molecular flexibility index (Phi) is 4.58. The Bertz CT molecular complexity index is 1060. The van der Waals surface area contributed by atoms with Crippen molar-refractivity contribution >= 4 is 28.4 Å². The molecule has 1 aromatic heterocycles. The van der Waals surface area contributed by atoms with Crippen LogP contribution in [0.3, 0.4) is 0 Å². The summed E-state index contributed by atoms with van der Waals surface area (Å²) in [6.45, 7) is 2.76. The fourth-order valence-corrected chi connectivity index (χ4v) is 2.83. The molecule has 3 N–H and O–H groups in total. The number of para-hydroxylation sites is 1. The van der Waals surface area contributed by atoms with Gasteiger partial charge in [0.1, 0.15) is 11.6 Å². The zero-order chi connectivity index (χ0) is 18.6. The van der Waals surface area contributed by atoms with E-state index in [1.807, 2.05) is 24.3 Å². The van der Waals surface area contributed by atoms with Gasteiger partial charge in [-0.25, -0.2) is 4.98 Å². The van der Waals surface area contributed by atoms with Gasteiger partial charge in [0.2, 0.25) is 5.95 Å². The molecule has 4 aromatic rings. The lowest BCUT2D eigenvalue weighted by Gasteiger charge is -2.12. The van der Waals surface area contributed by atoms with Crippen LogP contribution >= 0.6 is 0 Å². The Labute approximate surface area is 157 Å². The zero-order valence-corrected chi connectivity index (χ0v) is 15.0. The molecule has 0 saturated carbocycles. The lowest BCUT2D eigenvalue weighted by Crippen LogP contribution is -2.05. The van der Waals surface area contributed by atoms with E-state index in [2.05, 4.69) is 51.8 Å². The quantitative estimate of drug-likeness (QED) is 0.439. The number of phenols is 1. The summed E-state index contributed by atoms with van der Waals surface area (Å²) in [5.41, 5.74) is 4.11. The molecule has 3 aromatic carbocycles. The smallest absolute Gasteiger partial charge is 0.229 e. The predicted molar refractivity (Wildman–Crippen MR) is 109 cm³/mol. The summed E-state index contributed by atoms with van der Waals surface area (Å²) in [6, 6.07) is 23.2. The number of nitrogens with zero attached hydrogens (tertiary/aromatic N) is 2. The highest BCUT2D eigenvalue weighted by Crippen LogP contribution is 2.24. The van der Waals surface area contributed by atoms with Gasteiger partial charge in [-0.1, -0.05) is 42.0 Å². The van der Waals surface area contributed by atoms with E-state index in [9.17, 15) is 5.11 Å². The largest absolute Gasteiger partial charge is 0.508 e. The lowest BCUT2D eigenvalue weighted by molar-refractivity contribution is 0.475. The van der Waals surface area contributed by atoms with Crippen molar-refractivity contribution in [2.24, 2.45) is 0 Å². The molecular formula is C22H20N4O. The average molecular weight is 356 g/mol. The number of aryl methyl sites for hydroxylation is 1. The van der Waals surface area contributed by atoms with Crippen molar-refractivity contribution in [1.82, 2.24) is 9.97 Å². The van der Waals surface area contributed by atoms with Crippen LogP contribution in [0.2, 0.25) is 0 Å². The summed E-state index contributed by atoms with van der Waals surface area (Å²) >= 11 is 0. The van der Waals surface area contributed by atoms with E-state index in [0.29, 0.717) is 12.5 Å². The summed E-state index contributed by atoms with van der Waals surface area (Å²) in [7, 11) is 0. The molecule has 0 amide bonds. The summed E-state index contributed by atoms with van der Waals surface area (Å²) < 4.78 is 0. The van der Waals surface area contributed by atoms with Crippen molar-refractivity contribution in [2.75, 3.05) is 10.6 Å². The Balaban J connectivity index is 1.63. The van der Waals surface area contributed by atoms with Crippen molar-refractivity contribution in [3.05, 3.63) is 83.9 Å². The van der Waals surface area contributed by atoms with Gasteiger partial charge in [-0.2, -0.15) is 4.98 Å². The molecule has 0 bridgehead atoms. The molecule has 134 valence electrons. The Morgan fingerprint density at radius 2 is 1.59 bits per heavy atom. The molecule has 0 radical (unpaired) electrons. The number of fused-ring (bicyclic) bond motifs is 1. The van der Waals surface area contributed by atoms with Crippen LogP contribution < -0.4 is 10.6 Å². The molecule has 0 unspecified atom stereocenters. The van der Waals surface area contributed by atoms with Crippen LogP contribution in [0.15, 0.2) is 72.8 Å². The average Bonchev–Trinajstić information content (AvgIpc) is 2.69. The second-order valence-electron chi connectivity index (χ2n) is 6.42. The molecule has 27 heavy (non-hydrogen) atoms. The van der Waals surface area contributed by atoms with Gasteiger partial charge < -0.3 is 15.7 Å². The van der Waals surface area contributed by atoms with E-state index in [1.165, 1.54) is 11.1 Å². The first-order valence-corrected chi connectivity index (χ1v) is 8.80.